The normalized spacial score (nSPS) is 30.1. The van der Waals surface area contributed by atoms with Gasteiger partial charge in [0.1, 0.15) is 0 Å². The van der Waals surface area contributed by atoms with E-state index in [0.29, 0.717) is 0 Å². The van der Waals surface area contributed by atoms with Gasteiger partial charge in [0.2, 0.25) is 0 Å². The van der Waals surface area contributed by atoms with Crippen molar-refractivity contribution in [3.63, 3.8) is 0 Å². The Morgan fingerprint density at radius 2 is 2.29 bits per heavy atom. The van der Waals surface area contributed by atoms with Gasteiger partial charge in [0.05, 0.1) is 0 Å². The summed E-state index contributed by atoms with van der Waals surface area (Å²) in [6.07, 6.45) is 11.0. The summed E-state index contributed by atoms with van der Waals surface area (Å²) < 4.78 is 0. The average Bonchev–Trinajstić information content (AvgIpc) is 2.30. The number of nitrogens with zero attached hydrogens (tertiary/aromatic N) is 1. The standard InChI is InChI=1S/C13H23N/c1-2-14-10-6-9-13(11-14)12-7-4-3-5-8-12/h7,13H,2-6,8-11H2,1H3. The zero-order valence-electron chi connectivity index (χ0n) is 9.47. The highest BCUT2D eigenvalue weighted by Crippen LogP contribution is 2.30. The Morgan fingerprint density at radius 3 is 3.00 bits per heavy atom. The molecule has 1 atom stereocenters. The molecule has 1 heteroatoms. The minimum Gasteiger partial charge on any atom is -0.303 e. The molecule has 1 unspecified atom stereocenters. The van der Waals surface area contributed by atoms with Gasteiger partial charge >= 0.3 is 0 Å². The van der Waals surface area contributed by atoms with Gasteiger partial charge in [-0.3, -0.25) is 0 Å². The maximum atomic E-state index is 2.61. The Labute approximate surface area is 88.2 Å². The molecule has 80 valence electrons. The molecular weight excluding hydrogens is 170 g/mol. The first-order valence-corrected chi connectivity index (χ1v) is 6.31. The molecule has 0 N–H and O–H groups in total. The molecule has 14 heavy (non-hydrogen) atoms. The molecule has 0 aromatic heterocycles. The first-order valence-electron chi connectivity index (χ1n) is 6.31. The van der Waals surface area contributed by atoms with Gasteiger partial charge in [-0.25, -0.2) is 0 Å². The van der Waals surface area contributed by atoms with Crippen LogP contribution in [0.15, 0.2) is 11.6 Å². The molecule has 2 aliphatic rings. The van der Waals surface area contributed by atoms with Crippen molar-refractivity contribution in [1.29, 1.82) is 0 Å². The highest BCUT2D eigenvalue weighted by atomic mass is 15.1. The number of hydrogen-bond acceptors (Lipinski definition) is 1. The summed E-state index contributed by atoms with van der Waals surface area (Å²) in [5.41, 5.74) is 1.79. The van der Waals surface area contributed by atoms with E-state index >= 15 is 0 Å². The summed E-state index contributed by atoms with van der Waals surface area (Å²) in [7, 11) is 0. The van der Waals surface area contributed by atoms with Gasteiger partial charge in [0, 0.05) is 6.54 Å². The monoisotopic (exact) mass is 193 g/mol. The Hall–Kier alpha value is -0.300. The van der Waals surface area contributed by atoms with Crippen molar-refractivity contribution in [2.75, 3.05) is 19.6 Å². The van der Waals surface area contributed by atoms with Gasteiger partial charge in [-0.05, 0) is 57.5 Å². The highest BCUT2D eigenvalue weighted by Gasteiger charge is 2.22. The number of rotatable bonds is 2. The third-order valence-corrected chi connectivity index (χ3v) is 3.80. The summed E-state index contributed by atoms with van der Waals surface area (Å²) in [4.78, 5) is 2.61. The van der Waals surface area contributed by atoms with Crippen molar-refractivity contribution in [1.82, 2.24) is 4.90 Å². The van der Waals surface area contributed by atoms with Crippen LogP contribution in [0.2, 0.25) is 0 Å². The summed E-state index contributed by atoms with van der Waals surface area (Å²) in [5.74, 6) is 0.906. The van der Waals surface area contributed by atoms with E-state index in [1.807, 2.05) is 0 Å². The van der Waals surface area contributed by atoms with E-state index < -0.39 is 0 Å². The first-order chi connectivity index (χ1) is 6.90. The van der Waals surface area contributed by atoms with E-state index in [1.54, 1.807) is 5.57 Å². The van der Waals surface area contributed by atoms with Crippen molar-refractivity contribution in [3.8, 4) is 0 Å². The molecule has 1 saturated heterocycles. The topological polar surface area (TPSA) is 3.24 Å². The highest BCUT2D eigenvalue weighted by molar-refractivity contribution is 5.10. The van der Waals surface area contributed by atoms with Gasteiger partial charge < -0.3 is 4.90 Å². The quantitative estimate of drug-likeness (QED) is 0.609. The lowest BCUT2D eigenvalue weighted by Gasteiger charge is -2.34. The fourth-order valence-corrected chi connectivity index (χ4v) is 2.88. The van der Waals surface area contributed by atoms with Gasteiger partial charge in [-0.1, -0.05) is 18.6 Å². The van der Waals surface area contributed by atoms with Crippen molar-refractivity contribution < 1.29 is 0 Å². The lowest BCUT2D eigenvalue weighted by molar-refractivity contribution is 0.197. The van der Waals surface area contributed by atoms with Crippen molar-refractivity contribution in [3.05, 3.63) is 11.6 Å². The maximum absolute atomic E-state index is 2.61. The van der Waals surface area contributed by atoms with Gasteiger partial charge in [-0.2, -0.15) is 0 Å². The van der Waals surface area contributed by atoms with E-state index in [4.69, 9.17) is 0 Å². The van der Waals surface area contributed by atoms with E-state index in [9.17, 15) is 0 Å². The largest absolute Gasteiger partial charge is 0.303 e. The Kier molecular flexibility index (Phi) is 3.63. The molecule has 1 heterocycles. The van der Waals surface area contributed by atoms with Crippen LogP contribution in [0.5, 0.6) is 0 Å². The molecule has 0 radical (unpaired) electrons. The molecule has 0 amide bonds. The molecule has 1 aliphatic carbocycles. The molecule has 1 aliphatic heterocycles. The van der Waals surface area contributed by atoms with E-state index in [1.165, 1.54) is 58.2 Å². The minimum atomic E-state index is 0.906. The Balaban J connectivity index is 1.92. The van der Waals surface area contributed by atoms with Crippen LogP contribution in [0.25, 0.3) is 0 Å². The Morgan fingerprint density at radius 1 is 1.36 bits per heavy atom. The maximum Gasteiger partial charge on any atom is 0.00469 e. The van der Waals surface area contributed by atoms with Crippen molar-refractivity contribution in [2.24, 2.45) is 5.92 Å². The number of piperidine rings is 1. The smallest absolute Gasteiger partial charge is 0.00469 e. The third-order valence-electron chi connectivity index (χ3n) is 3.80. The zero-order valence-corrected chi connectivity index (χ0v) is 9.47. The van der Waals surface area contributed by atoms with Gasteiger partial charge in [0.15, 0.2) is 0 Å². The van der Waals surface area contributed by atoms with Crippen LogP contribution >= 0.6 is 0 Å². The van der Waals surface area contributed by atoms with Crippen LogP contribution in [0.4, 0.5) is 0 Å². The van der Waals surface area contributed by atoms with Gasteiger partial charge in [-0.15, -0.1) is 0 Å². The van der Waals surface area contributed by atoms with E-state index in [-0.39, 0.29) is 0 Å². The minimum absolute atomic E-state index is 0.906. The second-order valence-corrected chi connectivity index (χ2v) is 4.76. The van der Waals surface area contributed by atoms with Crippen LogP contribution in [0, 0.1) is 5.92 Å². The molecule has 2 rings (SSSR count). The van der Waals surface area contributed by atoms with Crippen LogP contribution in [-0.4, -0.2) is 24.5 Å². The second kappa shape index (κ2) is 4.97. The molecule has 0 bridgehead atoms. The molecular formula is C13H23N. The SMILES string of the molecule is CCN1CCCC(C2=CCCCC2)C1. The fourth-order valence-electron chi connectivity index (χ4n) is 2.88. The summed E-state index contributed by atoms with van der Waals surface area (Å²) in [6, 6.07) is 0. The number of hydrogen-bond donors (Lipinski definition) is 0. The lowest BCUT2D eigenvalue weighted by Crippen LogP contribution is -2.36. The van der Waals surface area contributed by atoms with Crippen LogP contribution in [-0.2, 0) is 0 Å². The van der Waals surface area contributed by atoms with Crippen molar-refractivity contribution >= 4 is 0 Å². The summed E-state index contributed by atoms with van der Waals surface area (Å²) in [6.45, 7) is 6.20. The predicted octanol–water partition coefficient (Wildman–Crippen LogP) is 3.22. The molecule has 1 fully saturated rings. The summed E-state index contributed by atoms with van der Waals surface area (Å²) >= 11 is 0. The molecule has 0 aromatic carbocycles. The Bertz CT molecular complexity index is 207. The number of allylic oxidation sites excluding steroid dienone is 1. The molecule has 0 spiro atoms. The predicted molar refractivity (Wildman–Crippen MR) is 61.4 cm³/mol. The van der Waals surface area contributed by atoms with Crippen LogP contribution < -0.4 is 0 Å². The van der Waals surface area contributed by atoms with E-state index in [0.717, 1.165) is 5.92 Å². The molecule has 1 nitrogen and oxygen atoms in total. The number of likely N-dealkylation sites (tertiary alicyclic amines) is 1. The first kappa shape index (κ1) is 10.2. The van der Waals surface area contributed by atoms with Crippen LogP contribution in [0.3, 0.4) is 0 Å². The summed E-state index contributed by atoms with van der Waals surface area (Å²) in [5, 5.41) is 0. The van der Waals surface area contributed by atoms with Gasteiger partial charge in [0.25, 0.3) is 0 Å². The lowest BCUT2D eigenvalue weighted by atomic mass is 9.84. The van der Waals surface area contributed by atoms with Crippen molar-refractivity contribution in [2.45, 2.75) is 45.4 Å². The fraction of sp³-hybridized carbons (Fsp3) is 0.846. The van der Waals surface area contributed by atoms with E-state index in [2.05, 4.69) is 17.9 Å². The molecule has 0 aromatic rings. The van der Waals surface area contributed by atoms with Crippen LogP contribution in [0.1, 0.15) is 45.4 Å². The second-order valence-electron chi connectivity index (χ2n) is 4.76. The zero-order chi connectivity index (χ0) is 9.80. The third kappa shape index (κ3) is 2.38. The molecule has 0 saturated carbocycles. The average molecular weight is 193 g/mol.